The fourth-order valence-electron chi connectivity index (χ4n) is 3.85. The molecule has 14 heteroatoms. The highest BCUT2D eigenvalue weighted by Gasteiger charge is 2.65. The van der Waals surface area contributed by atoms with Gasteiger partial charge in [-0.05, 0) is 12.0 Å². The maximum Gasteiger partial charge on any atom is 0.530 e. The number of nitrogens with zero attached hydrogens (tertiary/aromatic N) is 3. The number of aromatic nitrogens is 3. The number of phosphoric ester groups is 1. The van der Waals surface area contributed by atoms with Gasteiger partial charge in [-0.1, -0.05) is 18.2 Å². The average Bonchev–Trinajstić information content (AvgIpc) is 3.27. The molecule has 0 radical (unpaired) electrons. The zero-order valence-electron chi connectivity index (χ0n) is 17.2. The third-order valence-electron chi connectivity index (χ3n) is 5.58. The first-order valence-electron chi connectivity index (χ1n) is 9.79. The van der Waals surface area contributed by atoms with Crippen molar-refractivity contribution in [3.05, 3.63) is 48.2 Å². The van der Waals surface area contributed by atoms with Crippen molar-refractivity contribution in [1.29, 1.82) is 0 Å². The molecule has 3 aromatic rings. The monoisotopic (exact) mass is 494 g/mol. The van der Waals surface area contributed by atoms with Gasteiger partial charge >= 0.3 is 7.82 Å². The maximum absolute atomic E-state index is 15.8. The van der Waals surface area contributed by atoms with Gasteiger partial charge in [-0.2, -0.15) is 0 Å². The van der Waals surface area contributed by atoms with Gasteiger partial charge in [-0.15, -0.1) is 6.42 Å². The van der Waals surface area contributed by atoms with E-state index in [0.29, 0.717) is 5.56 Å². The number of nitrogen functional groups attached to an aromatic ring is 1. The van der Waals surface area contributed by atoms with E-state index < -0.39 is 44.0 Å². The van der Waals surface area contributed by atoms with Crippen LogP contribution < -0.4 is 10.3 Å². The largest absolute Gasteiger partial charge is 0.530 e. The van der Waals surface area contributed by atoms with Crippen molar-refractivity contribution >= 4 is 24.7 Å². The number of hydrogen-bond donors (Lipinski definition) is 3. The van der Waals surface area contributed by atoms with Gasteiger partial charge in [-0.3, -0.25) is 13.6 Å². The molecule has 5 rings (SSSR count). The van der Waals surface area contributed by atoms with Crippen molar-refractivity contribution in [3.63, 3.8) is 0 Å². The number of nitrogens with two attached hydrogens (primary N) is 1. The van der Waals surface area contributed by atoms with Crippen LogP contribution in [0.1, 0.15) is 5.56 Å². The minimum absolute atomic E-state index is 0.136. The first-order valence-corrected chi connectivity index (χ1v) is 11.3. The highest BCUT2D eigenvalue weighted by molar-refractivity contribution is 7.49. The minimum atomic E-state index is -4.32. The molecular weight excluding hydrogens is 477 g/mol. The van der Waals surface area contributed by atoms with E-state index in [0.717, 1.165) is 17.1 Å². The summed E-state index contributed by atoms with van der Waals surface area (Å²) in [6.07, 6.45) is 2.89. The number of fused-ring (bicyclic) bond motifs is 2. The number of aliphatic hydroxyl groups excluding tert-OH is 2. The van der Waals surface area contributed by atoms with Crippen LogP contribution in [0, 0.1) is 18.2 Å². The molecule has 34 heavy (non-hydrogen) atoms. The lowest BCUT2D eigenvalue weighted by atomic mass is 10.0. The molecule has 4 heterocycles. The van der Waals surface area contributed by atoms with Crippen LogP contribution in [0.2, 0.25) is 0 Å². The number of halogens is 2. The van der Waals surface area contributed by atoms with E-state index in [2.05, 4.69) is 15.9 Å². The molecule has 4 N–H and O–H groups in total. The van der Waals surface area contributed by atoms with Crippen molar-refractivity contribution in [2.75, 3.05) is 12.3 Å². The summed E-state index contributed by atoms with van der Waals surface area (Å²) in [7, 11) is -4.32. The van der Waals surface area contributed by atoms with Crippen molar-refractivity contribution < 1.29 is 41.9 Å². The summed E-state index contributed by atoms with van der Waals surface area (Å²) in [6, 6.07) is 6.54. The van der Waals surface area contributed by atoms with E-state index in [9.17, 15) is 19.2 Å². The Kier molecular flexibility index (Phi) is 5.14. The molecule has 5 atom stereocenters. The number of aliphatic hydroxyl groups is 2. The Morgan fingerprint density at radius 2 is 2.12 bits per heavy atom. The smallest absolute Gasteiger partial charge is 0.404 e. The van der Waals surface area contributed by atoms with E-state index in [4.69, 9.17) is 30.5 Å². The summed E-state index contributed by atoms with van der Waals surface area (Å²) in [5.74, 6) is -2.11. The number of rotatable bonds is 4. The Bertz CT molecular complexity index is 1380. The number of para-hydroxylation sites is 1. The van der Waals surface area contributed by atoms with Gasteiger partial charge in [0.1, 0.15) is 36.7 Å². The molecule has 2 aliphatic heterocycles. The zero-order chi connectivity index (χ0) is 24.3. The number of alkyl halides is 1. The number of benzene rings is 1. The maximum atomic E-state index is 15.8. The fourth-order valence-corrected chi connectivity index (χ4v) is 5.08. The van der Waals surface area contributed by atoms with Crippen LogP contribution in [-0.4, -0.2) is 49.4 Å². The normalized spacial score (nSPS) is 32.8. The number of anilines is 1. The van der Waals surface area contributed by atoms with E-state index in [1.165, 1.54) is 6.07 Å². The lowest BCUT2D eigenvalue weighted by molar-refractivity contribution is -0.223. The second kappa shape index (κ2) is 7.71. The van der Waals surface area contributed by atoms with Gasteiger partial charge in [0, 0.05) is 11.8 Å². The summed E-state index contributed by atoms with van der Waals surface area (Å²) < 4.78 is 64.7. The molecule has 178 valence electrons. The Hall–Kier alpha value is -3.11. The van der Waals surface area contributed by atoms with Gasteiger partial charge in [0.25, 0.3) is 5.85 Å². The molecule has 11 nitrogen and oxygen atoms in total. The molecular formula is C20H17F2N4O7P. The lowest BCUT2D eigenvalue weighted by Crippen LogP contribution is -2.45. The quantitative estimate of drug-likeness (QED) is 0.360. The number of ether oxygens (including phenoxy) is 1. The van der Waals surface area contributed by atoms with Crippen molar-refractivity contribution in [1.82, 2.24) is 14.5 Å². The molecule has 0 spiro atoms. The second-order valence-electron chi connectivity index (χ2n) is 7.62. The summed E-state index contributed by atoms with van der Waals surface area (Å²) in [5, 5.41) is 20.9. The van der Waals surface area contributed by atoms with E-state index >= 15 is 4.39 Å². The van der Waals surface area contributed by atoms with Gasteiger partial charge < -0.3 is 25.2 Å². The Labute approximate surface area is 190 Å². The predicted octanol–water partition coefficient (Wildman–Crippen LogP) is 1.59. The molecule has 0 saturated carbocycles. The van der Waals surface area contributed by atoms with Gasteiger partial charge in [0.05, 0.1) is 12.0 Å². The van der Waals surface area contributed by atoms with E-state index in [-0.39, 0.29) is 29.2 Å². The van der Waals surface area contributed by atoms with Crippen LogP contribution >= 0.6 is 7.82 Å². The fraction of sp³-hybridized carbons (Fsp3) is 0.300. The Morgan fingerprint density at radius 1 is 1.35 bits per heavy atom. The first-order chi connectivity index (χ1) is 16.1. The molecule has 1 fully saturated rings. The molecule has 0 aliphatic carbocycles. The third-order valence-corrected chi connectivity index (χ3v) is 6.89. The Balaban J connectivity index is 1.46. The highest BCUT2D eigenvalue weighted by Crippen LogP contribution is 2.56. The number of phosphoric acid groups is 1. The van der Waals surface area contributed by atoms with Crippen molar-refractivity contribution in [2.24, 2.45) is 0 Å². The molecule has 2 aliphatic rings. The van der Waals surface area contributed by atoms with Gasteiger partial charge in [-0.25, -0.2) is 23.3 Å². The van der Waals surface area contributed by atoms with Crippen LogP contribution in [-0.2, 0) is 30.7 Å². The standard InChI is InChI=1S/C20H17F2N4O7P/c1-2-20(26-7-12(21)14-17(23)24-10-25-18(14)26)16(28)15(27)19(22,33-20)9-31-34(29)30-8-11-5-3-4-6-13(11)32-34/h1,3-7,10,15-16,27-28H,8-9H2,(H2,23,24,25)/t15-,16+,19+,20+,34?/m0/s1. The second-order valence-corrected chi connectivity index (χ2v) is 9.21. The molecule has 1 unspecified atom stereocenters. The van der Waals surface area contributed by atoms with E-state index in [1.54, 1.807) is 18.2 Å². The molecule has 0 amide bonds. The van der Waals surface area contributed by atoms with Gasteiger partial charge in [0.15, 0.2) is 11.5 Å². The summed E-state index contributed by atoms with van der Waals surface area (Å²) in [4.78, 5) is 7.56. The third kappa shape index (κ3) is 3.27. The average molecular weight is 494 g/mol. The summed E-state index contributed by atoms with van der Waals surface area (Å²) >= 11 is 0. The zero-order valence-corrected chi connectivity index (χ0v) is 18.1. The minimum Gasteiger partial charge on any atom is -0.404 e. The molecule has 1 aromatic carbocycles. The predicted molar refractivity (Wildman–Crippen MR) is 111 cm³/mol. The summed E-state index contributed by atoms with van der Waals surface area (Å²) in [6.45, 7) is -1.35. The van der Waals surface area contributed by atoms with Crippen LogP contribution in [0.5, 0.6) is 5.75 Å². The molecule has 1 saturated heterocycles. The van der Waals surface area contributed by atoms with Crippen LogP contribution in [0.3, 0.4) is 0 Å². The molecule has 0 bridgehead atoms. The van der Waals surface area contributed by atoms with Crippen molar-refractivity contribution in [3.8, 4) is 18.1 Å². The lowest BCUT2D eigenvalue weighted by Gasteiger charge is -2.30. The SMILES string of the molecule is C#C[C@@]1(n2cc(F)c3c(N)ncnc32)O[C@](F)(COP2(=O)OCc3ccccc3O2)[C@@H](O)[C@H]1O. The highest BCUT2D eigenvalue weighted by atomic mass is 31.2. The van der Waals surface area contributed by atoms with Crippen molar-refractivity contribution in [2.45, 2.75) is 30.4 Å². The molecule has 2 aromatic heterocycles. The number of hydrogen-bond acceptors (Lipinski definition) is 10. The Morgan fingerprint density at radius 3 is 2.88 bits per heavy atom. The van der Waals surface area contributed by atoms with Gasteiger partial charge in [0.2, 0.25) is 5.72 Å². The summed E-state index contributed by atoms with van der Waals surface area (Å²) in [5.41, 5.74) is 3.58. The van der Waals surface area contributed by atoms with E-state index in [1.807, 2.05) is 0 Å². The van der Waals surface area contributed by atoms with Crippen LogP contribution in [0.25, 0.3) is 11.0 Å². The first kappa shape index (κ1) is 22.7. The van der Waals surface area contributed by atoms with Crippen LogP contribution in [0.4, 0.5) is 14.6 Å². The number of terminal acetylenes is 1. The van der Waals surface area contributed by atoms with Crippen LogP contribution in [0.15, 0.2) is 36.8 Å². The topological polar surface area (TPSA) is 151 Å².